The van der Waals surface area contributed by atoms with Gasteiger partial charge >= 0.3 is 5.97 Å². The lowest BCUT2D eigenvalue weighted by Gasteiger charge is -2.06. The van der Waals surface area contributed by atoms with Crippen molar-refractivity contribution in [2.45, 2.75) is 0 Å². The number of anilines is 1. The Morgan fingerprint density at radius 2 is 1.72 bits per heavy atom. The average molecular weight is 338 g/mol. The van der Waals surface area contributed by atoms with Gasteiger partial charge in [0.25, 0.3) is 0 Å². The van der Waals surface area contributed by atoms with Crippen LogP contribution in [-0.2, 0) is 4.79 Å². The van der Waals surface area contributed by atoms with Crippen molar-refractivity contribution in [2.75, 3.05) is 12.4 Å². The number of nitrogens with one attached hydrogen (secondary N) is 3. The molecule has 0 heterocycles. The lowest BCUT2D eigenvalue weighted by atomic mass is 10.2. The van der Waals surface area contributed by atoms with Gasteiger partial charge in [0.2, 0.25) is 5.91 Å². The second-order valence-electron chi connectivity index (χ2n) is 5.02. The Morgan fingerprint density at radius 1 is 1.08 bits per heavy atom. The summed E-state index contributed by atoms with van der Waals surface area (Å²) in [6, 6.07) is 13.2. The van der Waals surface area contributed by atoms with E-state index in [1.165, 1.54) is 6.08 Å². The Morgan fingerprint density at radius 3 is 2.28 bits per heavy atom. The fourth-order valence-corrected chi connectivity index (χ4v) is 1.91. The van der Waals surface area contributed by atoms with Crippen LogP contribution in [0.5, 0.6) is 5.75 Å². The number of benzene rings is 2. The number of amides is 1. The van der Waals surface area contributed by atoms with Gasteiger partial charge in [-0.05, 0) is 48.0 Å². The summed E-state index contributed by atoms with van der Waals surface area (Å²) in [7, 11) is 1.55. The van der Waals surface area contributed by atoms with Crippen LogP contribution in [0.25, 0.3) is 6.08 Å². The van der Waals surface area contributed by atoms with E-state index in [-0.39, 0.29) is 11.9 Å². The smallest absolute Gasteiger partial charge is 0.343 e. The Hall–Kier alpha value is -3.61. The first-order valence-electron chi connectivity index (χ1n) is 7.41. The molecule has 0 bridgehead atoms. The molecule has 2 aromatic carbocycles. The Kier molecular flexibility index (Phi) is 5.89. The van der Waals surface area contributed by atoms with Gasteiger partial charge in [0, 0.05) is 18.8 Å². The van der Waals surface area contributed by atoms with Gasteiger partial charge in [-0.1, -0.05) is 12.1 Å². The first kappa shape index (κ1) is 17.7. The molecule has 0 atom stereocenters. The van der Waals surface area contributed by atoms with Gasteiger partial charge in [-0.3, -0.25) is 10.2 Å². The molecule has 0 aliphatic carbocycles. The highest BCUT2D eigenvalue weighted by Crippen LogP contribution is 2.16. The van der Waals surface area contributed by atoms with E-state index >= 15 is 0 Å². The fraction of sp³-hybridized carbons (Fsp3) is 0.0556. The highest BCUT2D eigenvalue weighted by molar-refractivity contribution is 5.93. The Balaban J connectivity index is 1.99. The minimum absolute atomic E-state index is 0.180. The van der Waals surface area contributed by atoms with E-state index < -0.39 is 5.97 Å². The van der Waals surface area contributed by atoms with E-state index in [9.17, 15) is 9.59 Å². The Labute approximate surface area is 145 Å². The second-order valence-corrected chi connectivity index (χ2v) is 5.02. The second kappa shape index (κ2) is 8.30. The number of ether oxygens (including phenoxy) is 1. The highest BCUT2D eigenvalue weighted by atomic mass is 16.5. The van der Waals surface area contributed by atoms with Crippen molar-refractivity contribution in [3.05, 3.63) is 65.7 Å². The topological polar surface area (TPSA) is 117 Å². The maximum atomic E-state index is 12.1. The lowest BCUT2D eigenvalue weighted by Crippen LogP contribution is -2.20. The molecule has 0 spiro atoms. The van der Waals surface area contributed by atoms with Crippen LogP contribution in [0, 0.1) is 5.41 Å². The van der Waals surface area contributed by atoms with Crippen molar-refractivity contribution >= 4 is 29.6 Å². The molecule has 2 rings (SSSR count). The monoisotopic (exact) mass is 338 g/mol. The van der Waals surface area contributed by atoms with Gasteiger partial charge in [-0.15, -0.1) is 0 Å². The summed E-state index contributed by atoms with van der Waals surface area (Å²) in [6.45, 7) is 0. The standard InChI is InChI=1S/C18H18N4O3/c1-21-16(23)11-4-12-2-9-15(10-3-12)25-17(24)13-5-7-14(8-6-13)22-18(19)20/h2-11H,1H3,(H,21,23)(H4,19,20,22). The molecular weight excluding hydrogens is 320 g/mol. The number of carbonyl (C=O) groups is 2. The van der Waals surface area contributed by atoms with Crippen molar-refractivity contribution in [1.82, 2.24) is 5.32 Å². The molecule has 0 aromatic heterocycles. The number of esters is 1. The molecule has 0 aliphatic heterocycles. The van der Waals surface area contributed by atoms with E-state index in [2.05, 4.69) is 10.6 Å². The third-order valence-electron chi connectivity index (χ3n) is 3.16. The third-order valence-corrected chi connectivity index (χ3v) is 3.16. The van der Waals surface area contributed by atoms with Gasteiger partial charge in [-0.2, -0.15) is 0 Å². The van der Waals surface area contributed by atoms with Crippen LogP contribution in [0.3, 0.4) is 0 Å². The van der Waals surface area contributed by atoms with Gasteiger partial charge in [-0.25, -0.2) is 4.79 Å². The average Bonchev–Trinajstić information content (AvgIpc) is 2.61. The predicted molar refractivity (Wildman–Crippen MR) is 96.5 cm³/mol. The van der Waals surface area contributed by atoms with Crippen LogP contribution in [0.15, 0.2) is 54.6 Å². The molecule has 0 saturated carbocycles. The first-order chi connectivity index (χ1) is 12.0. The summed E-state index contributed by atoms with van der Waals surface area (Å²) in [5.41, 5.74) is 7.03. The number of hydrogen-bond acceptors (Lipinski definition) is 4. The lowest BCUT2D eigenvalue weighted by molar-refractivity contribution is -0.115. The minimum atomic E-state index is -0.497. The molecule has 0 saturated heterocycles. The maximum Gasteiger partial charge on any atom is 0.343 e. The van der Waals surface area contributed by atoms with Crippen molar-refractivity contribution in [1.29, 1.82) is 5.41 Å². The zero-order valence-electron chi connectivity index (χ0n) is 13.6. The van der Waals surface area contributed by atoms with Gasteiger partial charge in [0.1, 0.15) is 5.75 Å². The van der Waals surface area contributed by atoms with Crippen molar-refractivity contribution in [3.8, 4) is 5.75 Å². The van der Waals surface area contributed by atoms with Gasteiger partial charge in [0.15, 0.2) is 5.96 Å². The number of nitrogens with two attached hydrogens (primary N) is 1. The third kappa shape index (κ3) is 5.51. The van der Waals surface area contributed by atoms with E-state index in [1.807, 2.05) is 0 Å². The van der Waals surface area contributed by atoms with Crippen molar-refractivity contribution in [2.24, 2.45) is 5.73 Å². The van der Waals surface area contributed by atoms with Gasteiger partial charge in [0.05, 0.1) is 5.56 Å². The molecule has 5 N–H and O–H groups in total. The van der Waals surface area contributed by atoms with Crippen LogP contribution in [-0.4, -0.2) is 24.9 Å². The summed E-state index contributed by atoms with van der Waals surface area (Å²) < 4.78 is 5.29. The molecule has 0 fully saturated rings. The fourth-order valence-electron chi connectivity index (χ4n) is 1.91. The first-order valence-corrected chi connectivity index (χ1v) is 7.41. The van der Waals surface area contributed by atoms with E-state index in [0.29, 0.717) is 17.0 Å². The molecule has 7 nitrogen and oxygen atoms in total. The summed E-state index contributed by atoms with van der Waals surface area (Å²) in [5.74, 6) is -0.477. The summed E-state index contributed by atoms with van der Waals surface area (Å²) in [4.78, 5) is 23.3. The maximum absolute atomic E-state index is 12.1. The van der Waals surface area contributed by atoms with E-state index in [1.54, 1.807) is 61.7 Å². The quantitative estimate of drug-likeness (QED) is 0.219. The SMILES string of the molecule is CNC(=O)C=Cc1ccc(OC(=O)c2ccc(NC(=N)N)cc2)cc1. The molecule has 0 radical (unpaired) electrons. The van der Waals surface area contributed by atoms with Crippen LogP contribution >= 0.6 is 0 Å². The van der Waals surface area contributed by atoms with E-state index in [0.717, 1.165) is 5.56 Å². The number of hydrogen-bond donors (Lipinski definition) is 4. The number of guanidine groups is 1. The molecule has 2 aromatic rings. The number of likely N-dealkylation sites (N-methyl/N-ethyl adjacent to an activating group) is 1. The molecule has 128 valence electrons. The highest BCUT2D eigenvalue weighted by Gasteiger charge is 2.08. The van der Waals surface area contributed by atoms with Crippen molar-refractivity contribution < 1.29 is 14.3 Å². The van der Waals surface area contributed by atoms with Crippen LogP contribution in [0.1, 0.15) is 15.9 Å². The number of rotatable bonds is 5. The largest absolute Gasteiger partial charge is 0.423 e. The van der Waals surface area contributed by atoms with Crippen LogP contribution in [0.4, 0.5) is 5.69 Å². The molecule has 7 heteroatoms. The van der Waals surface area contributed by atoms with Crippen molar-refractivity contribution in [3.63, 3.8) is 0 Å². The minimum Gasteiger partial charge on any atom is -0.423 e. The Bertz CT molecular complexity index is 796. The predicted octanol–water partition coefficient (Wildman–Crippen LogP) is 1.97. The molecule has 0 aliphatic rings. The van der Waals surface area contributed by atoms with Crippen LogP contribution < -0.4 is 21.1 Å². The summed E-state index contributed by atoms with van der Waals surface area (Å²) >= 11 is 0. The number of carbonyl (C=O) groups excluding carboxylic acids is 2. The molecule has 25 heavy (non-hydrogen) atoms. The van der Waals surface area contributed by atoms with Crippen LogP contribution in [0.2, 0.25) is 0 Å². The van der Waals surface area contributed by atoms with Gasteiger partial charge < -0.3 is 21.1 Å². The van der Waals surface area contributed by atoms with E-state index in [4.69, 9.17) is 15.9 Å². The summed E-state index contributed by atoms with van der Waals surface area (Å²) in [6.07, 6.45) is 3.07. The normalized spacial score (nSPS) is 10.3. The molecule has 1 amide bonds. The summed E-state index contributed by atoms with van der Waals surface area (Å²) in [5, 5.41) is 12.3. The zero-order valence-corrected chi connectivity index (χ0v) is 13.6. The zero-order chi connectivity index (χ0) is 18.2. The molecule has 0 unspecified atom stereocenters. The molecular formula is C18H18N4O3.